The highest BCUT2D eigenvalue weighted by Crippen LogP contribution is 2.14. The smallest absolute Gasteiger partial charge is 0.410 e. The Morgan fingerprint density at radius 1 is 1.47 bits per heavy atom. The van der Waals surface area contributed by atoms with Crippen molar-refractivity contribution in [2.75, 3.05) is 13.1 Å². The number of likely N-dealkylation sites (tertiary alicyclic amines) is 1. The number of carbonyl (C=O) groups excluding carboxylic acids is 1. The molecule has 1 saturated heterocycles. The van der Waals surface area contributed by atoms with E-state index in [0.717, 1.165) is 30.5 Å². The number of amides is 1. The van der Waals surface area contributed by atoms with Gasteiger partial charge in [0.2, 0.25) is 0 Å². The molecule has 1 heterocycles. The molecule has 0 radical (unpaired) electrons. The second kappa shape index (κ2) is 6.06. The number of aryl methyl sites for hydroxylation is 2. The van der Waals surface area contributed by atoms with Crippen molar-refractivity contribution < 1.29 is 9.53 Å². The number of hydrogen-bond donors (Lipinski definition) is 1. The predicted octanol–water partition coefficient (Wildman–Crippen LogP) is 2.36. The van der Waals surface area contributed by atoms with E-state index in [-0.39, 0.29) is 12.1 Å². The van der Waals surface area contributed by atoms with E-state index in [0.29, 0.717) is 13.2 Å². The SMILES string of the molecule is Cc1ccc(C)c(COC(=O)N2CCCC(N)C2)c1. The van der Waals surface area contributed by atoms with Crippen molar-refractivity contribution >= 4 is 6.09 Å². The Labute approximate surface area is 114 Å². The summed E-state index contributed by atoms with van der Waals surface area (Å²) < 4.78 is 5.38. The highest BCUT2D eigenvalue weighted by molar-refractivity contribution is 5.67. The van der Waals surface area contributed by atoms with Crippen LogP contribution in [0.3, 0.4) is 0 Å². The number of ether oxygens (including phenoxy) is 1. The van der Waals surface area contributed by atoms with Crippen LogP contribution in [-0.2, 0) is 11.3 Å². The first-order valence-electron chi connectivity index (χ1n) is 6.79. The monoisotopic (exact) mass is 262 g/mol. The third-order valence-electron chi connectivity index (χ3n) is 3.57. The Morgan fingerprint density at radius 3 is 3.00 bits per heavy atom. The molecule has 1 fully saturated rings. The fraction of sp³-hybridized carbons (Fsp3) is 0.533. The molecule has 1 aliphatic heterocycles. The summed E-state index contributed by atoms with van der Waals surface area (Å²) in [4.78, 5) is 13.7. The second-order valence-corrected chi connectivity index (χ2v) is 5.33. The summed E-state index contributed by atoms with van der Waals surface area (Å²) in [5.74, 6) is 0. The van der Waals surface area contributed by atoms with Crippen molar-refractivity contribution in [2.45, 2.75) is 39.3 Å². The van der Waals surface area contributed by atoms with Gasteiger partial charge in [-0.3, -0.25) is 0 Å². The Kier molecular flexibility index (Phi) is 4.43. The lowest BCUT2D eigenvalue weighted by Gasteiger charge is -2.29. The van der Waals surface area contributed by atoms with E-state index >= 15 is 0 Å². The molecule has 2 rings (SSSR count). The number of piperidine rings is 1. The van der Waals surface area contributed by atoms with E-state index in [1.165, 1.54) is 5.56 Å². The van der Waals surface area contributed by atoms with Crippen LogP contribution in [0.25, 0.3) is 0 Å². The van der Waals surface area contributed by atoms with E-state index in [2.05, 4.69) is 18.2 Å². The van der Waals surface area contributed by atoms with Gasteiger partial charge in [-0.1, -0.05) is 23.8 Å². The molecule has 1 unspecified atom stereocenters. The quantitative estimate of drug-likeness (QED) is 0.890. The summed E-state index contributed by atoms with van der Waals surface area (Å²) in [7, 11) is 0. The van der Waals surface area contributed by atoms with Gasteiger partial charge in [-0.2, -0.15) is 0 Å². The summed E-state index contributed by atoms with van der Waals surface area (Å²) in [6, 6.07) is 6.26. The highest BCUT2D eigenvalue weighted by Gasteiger charge is 2.22. The van der Waals surface area contributed by atoms with Crippen LogP contribution in [0.5, 0.6) is 0 Å². The summed E-state index contributed by atoms with van der Waals surface area (Å²) >= 11 is 0. The van der Waals surface area contributed by atoms with Crippen LogP contribution in [0.4, 0.5) is 4.79 Å². The molecular weight excluding hydrogens is 240 g/mol. The van der Waals surface area contributed by atoms with Gasteiger partial charge in [0.15, 0.2) is 0 Å². The van der Waals surface area contributed by atoms with E-state index in [9.17, 15) is 4.79 Å². The first-order valence-corrected chi connectivity index (χ1v) is 6.79. The third-order valence-corrected chi connectivity index (χ3v) is 3.57. The molecule has 4 nitrogen and oxygen atoms in total. The van der Waals surface area contributed by atoms with Gasteiger partial charge in [-0.15, -0.1) is 0 Å². The van der Waals surface area contributed by atoms with Gasteiger partial charge in [0.05, 0.1) is 0 Å². The van der Waals surface area contributed by atoms with Crippen molar-refractivity contribution in [3.8, 4) is 0 Å². The molecule has 0 aliphatic carbocycles. The minimum Gasteiger partial charge on any atom is -0.445 e. The van der Waals surface area contributed by atoms with Crippen LogP contribution in [0, 0.1) is 13.8 Å². The lowest BCUT2D eigenvalue weighted by molar-refractivity contribution is 0.0861. The normalized spacial score (nSPS) is 19.3. The molecule has 0 aromatic heterocycles. The van der Waals surface area contributed by atoms with Gasteiger partial charge in [-0.25, -0.2) is 4.79 Å². The van der Waals surface area contributed by atoms with Crippen molar-refractivity contribution in [3.63, 3.8) is 0 Å². The van der Waals surface area contributed by atoms with Gasteiger partial charge < -0.3 is 15.4 Å². The van der Waals surface area contributed by atoms with Crippen molar-refractivity contribution in [3.05, 3.63) is 34.9 Å². The minimum absolute atomic E-state index is 0.0852. The molecule has 19 heavy (non-hydrogen) atoms. The average molecular weight is 262 g/mol. The molecule has 1 atom stereocenters. The average Bonchev–Trinajstić information content (AvgIpc) is 2.39. The Balaban J connectivity index is 1.91. The van der Waals surface area contributed by atoms with Gasteiger partial charge in [0.25, 0.3) is 0 Å². The van der Waals surface area contributed by atoms with Gasteiger partial charge in [0, 0.05) is 19.1 Å². The van der Waals surface area contributed by atoms with Crippen LogP contribution in [0.15, 0.2) is 18.2 Å². The van der Waals surface area contributed by atoms with Gasteiger partial charge in [0.1, 0.15) is 6.61 Å². The lowest BCUT2D eigenvalue weighted by Crippen LogP contribution is -2.45. The second-order valence-electron chi connectivity index (χ2n) is 5.33. The molecular formula is C15H22N2O2. The lowest BCUT2D eigenvalue weighted by atomic mass is 10.1. The zero-order valence-electron chi connectivity index (χ0n) is 11.7. The maximum Gasteiger partial charge on any atom is 0.410 e. The first kappa shape index (κ1) is 13.9. The Bertz CT molecular complexity index is 459. The molecule has 2 N–H and O–H groups in total. The molecule has 0 spiro atoms. The molecule has 1 aromatic rings. The molecule has 0 bridgehead atoms. The van der Waals surface area contributed by atoms with E-state index in [4.69, 9.17) is 10.5 Å². The molecule has 1 amide bonds. The number of carbonyl (C=O) groups is 1. The molecule has 104 valence electrons. The van der Waals surface area contributed by atoms with Crippen LogP contribution in [0.2, 0.25) is 0 Å². The summed E-state index contributed by atoms with van der Waals surface area (Å²) in [5, 5.41) is 0. The zero-order valence-corrected chi connectivity index (χ0v) is 11.7. The number of benzene rings is 1. The highest BCUT2D eigenvalue weighted by atomic mass is 16.6. The maximum atomic E-state index is 12.0. The predicted molar refractivity (Wildman–Crippen MR) is 74.9 cm³/mol. The molecule has 1 aromatic carbocycles. The summed E-state index contributed by atoms with van der Waals surface area (Å²) in [6.45, 7) is 5.75. The Morgan fingerprint density at radius 2 is 2.26 bits per heavy atom. The van der Waals surface area contributed by atoms with Crippen LogP contribution in [-0.4, -0.2) is 30.1 Å². The standard InChI is InChI=1S/C15H22N2O2/c1-11-5-6-12(2)13(8-11)10-19-15(18)17-7-3-4-14(16)9-17/h5-6,8,14H,3-4,7,9-10,16H2,1-2H3. The number of hydrogen-bond acceptors (Lipinski definition) is 3. The third kappa shape index (κ3) is 3.70. The topological polar surface area (TPSA) is 55.6 Å². The Hall–Kier alpha value is -1.55. The molecule has 4 heteroatoms. The molecule has 0 saturated carbocycles. The number of rotatable bonds is 2. The van der Waals surface area contributed by atoms with E-state index < -0.39 is 0 Å². The molecule has 1 aliphatic rings. The fourth-order valence-corrected chi connectivity index (χ4v) is 2.36. The fourth-order valence-electron chi connectivity index (χ4n) is 2.36. The van der Waals surface area contributed by atoms with Crippen molar-refractivity contribution in [1.29, 1.82) is 0 Å². The van der Waals surface area contributed by atoms with Gasteiger partial charge in [-0.05, 0) is 37.8 Å². The first-order chi connectivity index (χ1) is 9.06. The minimum atomic E-state index is -0.254. The van der Waals surface area contributed by atoms with Crippen molar-refractivity contribution in [2.24, 2.45) is 5.73 Å². The van der Waals surface area contributed by atoms with E-state index in [1.54, 1.807) is 4.90 Å². The number of nitrogens with zero attached hydrogens (tertiary/aromatic N) is 1. The van der Waals surface area contributed by atoms with Crippen molar-refractivity contribution in [1.82, 2.24) is 4.90 Å². The maximum absolute atomic E-state index is 12.0. The van der Waals surface area contributed by atoms with Crippen LogP contribution in [0.1, 0.15) is 29.5 Å². The van der Waals surface area contributed by atoms with Crippen LogP contribution >= 0.6 is 0 Å². The van der Waals surface area contributed by atoms with Crippen LogP contribution < -0.4 is 5.73 Å². The van der Waals surface area contributed by atoms with Gasteiger partial charge >= 0.3 is 6.09 Å². The summed E-state index contributed by atoms with van der Waals surface area (Å²) in [6.07, 6.45) is 1.69. The number of nitrogens with two attached hydrogens (primary N) is 1. The summed E-state index contributed by atoms with van der Waals surface area (Å²) in [5.41, 5.74) is 9.25. The van der Waals surface area contributed by atoms with E-state index in [1.807, 2.05) is 13.8 Å². The largest absolute Gasteiger partial charge is 0.445 e. The zero-order chi connectivity index (χ0) is 13.8.